The topological polar surface area (TPSA) is 61.4 Å². The first-order valence-electron chi connectivity index (χ1n) is 8.77. The quantitative estimate of drug-likeness (QED) is 0.927. The molecule has 0 radical (unpaired) electrons. The van der Waals surface area contributed by atoms with Crippen LogP contribution in [0.3, 0.4) is 0 Å². The number of benzene rings is 1. The van der Waals surface area contributed by atoms with Crippen LogP contribution in [0.25, 0.3) is 0 Å². The third kappa shape index (κ3) is 3.90. The Morgan fingerprint density at radius 1 is 1.08 bits per heavy atom. The monoisotopic (exact) mass is 339 g/mol. The van der Waals surface area contributed by atoms with Crippen molar-refractivity contribution in [3.8, 4) is 0 Å². The van der Waals surface area contributed by atoms with Gasteiger partial charge in [0, 0.05) is 38.3 Å². The van der Waals surface area contributed by atoms with Gasteiger partial charge in [0.1, 0.15) is 5.82 Å². The largest absolute Gasteiger partial charge is 0.369 e. The summed E-state index contributed by atoms with van der Waals surface area (Å²) in [6.45, 7) is 9.80. The van der Waals surface area contributed by atoms with E-state index in [0.717, 1.165) is 48.0 Å². The van der Waals surface area contributed by atoms with E-state index >= 15 is 0 Å². The Balaban J connectivity index is 1.63. The number of anilines is 2. The maximum atomic E-state index is 12.8. The SMILES string of the molecule is CCNc1ccc(N2CCN(C(=O)c3cc(C)ccc3C)CC2)nn1. The molecule has 0 bridgehead atoms. The molecule has 1 amide bonds. The van der Waals surface area contributed by atoms with Crippen LogP contribution in [0.5, 0.6) is 0 Å². The lowest BCUT2D eigenvalue weighted by atomic mass is 10.0. The van der Waals surface area contributed by atoms with Crippen LogP contribution in [0.1, 0.15) is 28.4 Å². The van der Waals surface area contributed by atoms with Crippen molar-refractivity contribution in [3.05, 3.63) is 47.0 Å². The van der Waals surface area contributed by atoms with Gasteiger partial charge in [0.05, 0.1) is 0 Å². The lowest BCUT2D eigenvalue weighted by Crippen LogP contribution is -2.49. The number of aryl methyl sites for hydroxylation is 2. The highest BCUT2D eigenvalue weighted by molar-refractivity contribution is 5.96. The number of carbonyl (C=O) groups is 1. The van der Waals surface area contributed by atoms with Gasteiger partial charge < -0.3 is 15.1 Å². The van der Waals surface area contributed by atoms with Crippen LogP contribution in [-0.2, 0) is 0 Å². The van der Waals surface area contributed by atoms with Crippen molar-refractivity contribution in [1.82, 2.24) is 15.1 Å². The Hall–Kier alpha value is -2.63. The highest BCUT2D eigenvalue weighted by Gasteiger charge is 2.24. The minimum absolute atomic E-state index is 0.120. The zero-order valence-corrected chi connectivity index (χ0v) is 15.1. The number of hydrogen-bond acceptors (Lipinski definition) is 5. The Kier molecular flexibility index (Phi) is 5.16. The molecule has 0 saturated carbocycles. The highest BCUT2D eigenvalue weighted by atomic mass is 16.2. The fraction of sp³-hybridized carbons (Fsp3) is 0.421. The molecular weight excluding hydrogens is 314 g/mol. The first-order valence-corrected chi connectivity index (χ1v) is 8.77. The zero-order valence-electron chi connectivity index (χ0n) is 15.1. The predicted octanol–water partition coefficient (Wildman–Crippen LogP) is 2.49. The molecule has 1 aliphatic heterocycles. The van der Waals surface area contributed by atoms with Crippen molar-refractivity contribution < 1.29 is 4.79 Å². The second kappa shape index (κ2) is 7.51. The van der Waals surface area contributed by atoms with Crippen molar-refractivity contribution in [2.24, 2.45) is 0 Å². The van der Waals surface area contributed by atoms with Crippen molar-refractivity contribution >= 4 is 17.5 Å². The number of nitrogens with zero attached hydrogens (tertiary/aromatic N) is 4. The van der Waals surface area contributed by atoms with Crippen LogP contribution in [0.15, 0.2) is 30.3 Å². The minimum atomic E-state index is 0.120. The number of piperazine rings is 1. The van der Waals surface area contributed by atoms with Crippen LogP contribution >= 0.6 is 0 Å². The van der Waals surface area contributed by atoms with Gasteiger partial charge in [-0.25, -0.2) is 0 Å². The fourth-order valence-electron chi connectivity index (χ4n) is 3.04. The third-order valence-corrected chi connectivity index (χ3v) is 4.52. The standard InChI is InChI=1S/C19H25N5O/c1-4-20-17-7-8-18(22-21-17)23-9-11-24(12-10-23)19(25)16-13-14(2)5-6-15(16)3/h5-8,13H,4,9-12H2,1-3H3,(H,20,21). The Bertz CT molecular complexity index is 736. The molecule has 1 aliphatic rings. The van der Waals surface area contributed by atoms with Crippen LogP contribution < -0.4 is 10.2 Å². The Labute approximate surface area is 148 Å². The first-order chi connectivity index (χ1) is 12.1. The van der Waals surface area contributed by atoms with Gasteiger partial charge in [-0.15, -0.1) is 10.2 Å². The molecule has 0 spiro atoms. The number of nitrogens with one attached hydrogen (secondary N) is 1. The summed E-state index contributed by atoms with van der Waals surface area (Å²) in [5, 5.41) is 11.6. The highest BCUT2D eigenvalue weighted by Crippen LogP contribution is 2.18. The van der Waals surface area contributed by atoms with E-state index < -0.39 is 0 Å². The van der Waals surface area contributed by atoms with Crippen LogP contribution in [0.4, 0.5) is 11.6 Å². The first kappa shape index (κ1) is 17.2. The zero-order chi connectivity index (χ0) is 17.8. The fourth-order valence-corrected chi connectivity index (χ4v) is 3.04. The van der Waals surface area contributed by atoms with E-state index in [4.69, 9.17) is 0 Å². The minimum Gasteiger partial charge on any atom is -0.369 e. The van der Waals surface area contributed by atoms with Crippen molar-refractivity contribution in [3.63, 3.8) is 0 Å². The molecule has 3 rings (SSSR count). The molecule has 2 heterocycles. The summed E-state index contributed by atoms with van der Waals surface area (Å²) in [6.07, 6.45) is 0. The average molecular weight is 339 g/mol. The molecule has 132 valence electrons. The van der Waals surface area contributed by atoms with Gasteiger partial charge in [0.2, 0.25) is 0 Å². The van der Waals surface area contributed by atoms with E-state index in [0.29, 0.717) is 13.1 Å². The summed E-state index contributed by atoms with van der Waals surface area (Å²) < 4.78 is 0. The number of hydrogen-bond donors (Lipinski definition) is 1. The molecule has 0 aliphatic carbocycles. The van der Waals surface area contributed by atoms with E-state index in [-0.39, 0.29) is 5.91 Å². The number of aromatic nitrogens is 2. The summed E-state index contributed by atoms with van der Waals surface area (Å²) >= 11 is 0. The van der Waals surface area contributed by atoms with Gasteiger partial charge in [-0.05, 0) is 44.5 Å². The molecule has 1 aromatic carbocycles. The normalized spacial score (nSPS) is 14.5. The second-order valence-corrected chi connectivity index (χ2v) is 6.40. The number of amides is 1. The van der Waals surface area contributed by atoms with Gasteiger partial charge >= 0.3 is 0 Å². The van der Waals surface area contributed by atoms with E-state index in [1.165, 1.54) is 0 Å². The average Bonchev–Trinajstić information content (AvgIpc) is 2.64. The summed E-state index contributed by atoms with van der Waals surface area (Å²) in [7, 11) is 0. The number of rotatable bonds is 4. The van der Waals surface area contributed by atoms with Gasteiger partial charge in [0.15, 0.2) is 5.82 Å². The van der Waals surface area contributed by atoms with Crippen LogP contribution in [0.2, 0.25) is 0 Å². The van der Waals surface area contributed by atoms with E-state index in [9.17, 15) is 4.79 Å². The summed E-state index contributed by atoms with van der Waals surface area (Å²) in [5.74, 6) is 1.77. The molecule has 6 heteroatoms. The predicted molar refractivity (Wildman–Crippen MR) is 100 cm³/mol. The van der Waals surface area contributed by atoms with E-state index in [1.807, 2.05) is 56.0 Å². The van der Waals surface area contributed by atoms with Gasteiger partial charge in [-0.1, -0.05) is 17.7 Å². The summed E-state index contributed by atoms with van der Waals surface area (Å²) in [5.41, 5.74) is 2.95. The second-order valence-electron chi connectivity index (χ2n) is 6.40. The third-order valence-electron chi connectivity index (χ3n) is 4.52. The maximum Gasteiger partial charge on any atom is 0.254 e. The van der Waals surface area contributed by atoms with Gasteiger partial charge in [-0.2, -0.15) is 0 Å². The summed E-state index contributed by atoms with van der Waals surface area (Å²) in [6, 6.07) is 9.96. The molecule has 6 nitrogen and oxygen atoms in total. The number of carbonyl (C=O) groups excluding carboxylic acids is 1. The molecule has 0 atom stereocenters. The maximum absolute atomic E-state index is 12.8. The lowest BCUT2D eigenvalue weighted by Gasteiger charge is -2.35. The molecule has 2 aromatic rings. The molecule has 1 N–H and O–H groups in total. The molecular formula is C19H25N5O. The molecule has 25 heavy (non-hydrogen) atoms. The smallest absolute Gasteiger partial charge is 0.254 e. The molecule has 1 fully saturated rings. The van der Waals surface area contributed by atoms with E-state index in [2.05, 4.69) is 20.4 Å². The van der Waals surface area contributed by atoms with Crippen molar-refractivity contribution in [2.75, 3.05) is 42.9 Å². The summed E-state index contributed by atoms with van der Waals surface area (Å²) in [4.78, 5) is 16.9. The molecule has 0 unspecified atom stereocenters. The van der Waals surface area contributed by atoms with Crippen LogP contribution in [-0.4, -0.2) is 53.7 Å². The van der Waals surface area contributed by atoms with E-state index in [1.54, 1.807) is 0 Å². The molecule has 1 aromatic heterocycles. The molecule has 1 saturated heterocycles. The van der Waals surface area contributed by atoms with Gasteiger partial charge in [0.25, 0.3) is 5.91 Å². The van der Waals surface area contributed by atoms with Crippen molar-refractivity contribution in [2.45, 2.75) is 20.8 Å². The Morgan fingerprint density at radius 3 is 2.48 bits per heavy atom. The van der Waals surface area contributed by atoms with Crippen molar-refractivity contribution in [1.29, 1.82) is 0 Å². The lowest BCUT2D eigenvalue weighted by molar-refractivity contribution is 0.0745. The van der Waals surface area contributed by atoms with Gasteiger partial charge in [-0.3, -0.25) is 4.79 Å². The Morgan fingerprint density at radius 2 is 1.84 bits per heavy atom. The van der Waals surface area contributed by atoms with Crippen LogP contribution in [0, 0.1) is 13.8 Å².